The molecule has 0 bridgehead atoms. The summed E-state index contributed by atoms with van der Waals surface area (Å²) in [6.45, 7) is 9.88. The second-order valence-electron chi connectivity index (χ2n) is 8.21. The summed E-state index contributed by atoms with van der Waals surface area (Å²) >= 11 is 0. The molecule has 0 radical (unpaired) electrons. The van der Waals surface area contributed by atoms with Crippen LogP contribution in [-0.4, -0.2) is 57.4 Å². The first kappa shape index (κ1) is 23.1. The number of aryl methyl sites for hydroxylation is 1. The van der Waals surface area contributed by atoms with Crippen LogP contribution in [0.25, 0.3) is 0 Å². The van der Waals surface area contributed by atoms with E-state index in [1.807, 2.05) is 31.2 Å². The molecule has 1 aliphatic heterocycles. The fourth-order valence-electron chi connectivity index (χ4n) is 3.71. The molecule has 168 valence electrons. The molecule has 6 heteroatoms. The number of nitrogens with zero attached hydrogens (tertiary/aromatic N) is 1. The zero-order chi connectivity index (χ0) is 22.2. The lowest BCUT2D eigenvalue weighted by molar-refractivity contribution is -0.123. The maximum absolute atomic E-state index is 12.6. The van der Waals surface area contributed by atoms with Crippen molar-refractivity contribution < 1.29 is 19.0 Å². The van der Waals surface area contributed by atoms with Gasteiger partial charge in [0.15, 0.2) is 6.61 Å². The number of rotatable bonds is 9. The molecule has 0 aliphatic carbocycles. The lowest BCUT2D eigenvalue weighted by Crippen LogP contribution is -2.44. The monoisotopic (exact) mass is 426 g/mol. The molecule has 1 N–H and O–H groups in total. The second-order valence-corrected chi connectivity index (χ2v) is 8.21. The van der Waals surface area contributed by atoms with Gasteiger partial charge in [-0.05, 0) is 47.7 Å². The van der Waals surface area contributed by atoms with Crippen molar-refractivity contribution in [3.8, 4) is 11.5 Å². The van der Waals surface area contributed by atoms with Gasteiger partial charge in [-0.2, -0.15) is 0 Å². The predicted molar refractivity (Wildman–Crippen MR) is 122 cm³/mol. The highest BCUT2D eigenvalue weighted by Gasteiger charge is 2.23. The highest BCUT2D eigenvalue weighted by molar-refractivity contribution is 5.77. The summed E-state index contributed by atoms with van der Waals surface area (Å²) in [5, 5.41) is 3.06. The maximum Gasteiger partial charge on any atom is 0.258 e. The Morgan fingerprint density at radius 2 is 1.77 bits per heavy atom. The van der Waals surface area contributed by atoms with Gasteiger partial charge in [0.05, 0.1) is 26.4 Å². The van der Waals surface area contributed by atoms with Gasteiger partial charge in [-0.25, -0.2) is 0 Å². The van der Waals surface area contributed by atoms with Gasteiger partial charge in [0.1, 0.15) is 11.5 Å². The summed E-state index contributed by atoms with van der Waals surface area (Å²) in [6, 6.07) is 14.3. The Morgan fingerprint density at radius 1 is 1.10 bits per heavy atom. The molecular weight excluding hydrogens is 392 g/mol. The normalized spacial score (nSPS) is 15.5. The van der Waals surface area contributed by atoms with Crippen LogP contribution in [0.2, 0.25) is 0 Å². The summed E-state index contributed by atoms with van der Waals surface area (Å²) < 4.78 is 16.6. The van der Waals surface area contributed by atoms with Crippen LogP contribution in [0.15, 0.2) is 42.5 Å². The fourth-order valence-corrected chi connectivity index (χ4v) is 3.71. The van der Waals surface area contributed by atoms with Crippen molar-refractivity contribution in [3.05, 3.63) is 59.2 Å². The number of hydrogen-bond donors (Lipinski definition) is 1. The number of hydrogen-bond acceptors (Lipinski definition) is 5. The molecule has 6 nitrogen and oxygen atoms in total. The van der Waals surface area contributed by atoms with E-state index in [-0.39, 0.29) is 18.6 Å². The van der Waals surface area contributed by atoms with Crippen LogP contribution < -0.4 is 14.8 Å². The molecule has 0 saturated carbocycles. The van der Waals surface area contributed by atoms with E-state index in [2.05, 4.69) is 42.3 Å². The number of nitrogens with one attached hydrogen (secondary N) is 1. The first-order chi connectivity index (χ1) is 15.0. The Kier molecular flexibility index (Phi) is 8.32. The molecule has 3 rings (SSSR count). The summed E-state index contributed by atoms with van der Waals surface area (Å²) in [5.74, 6) is 1.87. The van der Waals surface area contributed by atoms with Crippen molar-refractivity contribution in [2.45, 2.75) is 32.7 Å². The number of carbonyl (C=O) groups is 1. The standard InChI is InChI=1S/C25H34N2O4/c1-18(2)21-6-5-19(3)24(15-21)31-17-25(28)26-16-23(27-11-13-30-14-12-27)20-7-9-22(29-4)10-8-20/h5-10,15,18,23H,11-14,16-17H2,1-4H3,(H,26,28). The van der Waals surface area contributed by atoms with Crippen LogP contribution in [0.5, 0.6) is 11.5 Å². The van der Waals surface area contributed by atoms with E-state index in [0.29, 0.717) is 25.7 Å². The fraction of sp³-hybridized carbons (Fsp3) is 0.480. The zero-order valence-corrected chi connectivity index (χ0v) is 19.0. The second kappa shape index (κ2) is 11.2. The van der Waals surface area contributed by atoms with Crippen molar-refractivity contribution in [2.24, 2.45) is 0 Å². The van der Waals surface area contributed by atoms with Gasteiger partial charge in [0.2, 0.25) is 0 Å². The van der Waals surface area contributed by atoms with E-state index < -0.39 is 0 Å². The average Bonchev–Trinajstić information content (AvgIpc) is 2.79. The van der Waals surface area contributed by atoms with Gasteiger partial charge in [0.25, 0.3) is 5.91 Å². The minimum Gasteiger partial charge on any atom is -0.497 e. The van der Waals surface area contributed by atoms with Crippen LogP contribution in [0.4, 0.5) is 0 Å². The van der Waals surface area contributed by atoms with Gasteiger partial charge in [-0.1, -0.05) is 38.1 Å². The molecule has 1 saturated heterocycles. The largest absolute Gasteiger partial charge is 0.497 e. The summed E-state index contributed by atoms with van der Waals surface area (Å²) in [5.41, 5.74) is 3.37. The van der Waals surface area contributed by atoms with Crippen LogP contribution >= 0.6 is 0 Å². The molecule has 2 aromatic rings. The molecule has 1 unspecified atom stereocenters. The molecule has 1 aliphatic rings. The Bertz CT molecular complexity index is 845. The third kappa shape index (κ3) is 6.45. The van der Waals surface area contributed by atoms with Crippen molar-refractivity contribution in [1.29, 1.82) is 0 Å². The quantitative estimate of drug-likeness (QED) is 0.663. The summed E-state index contributed by atoms with van der Waals surface area (Å²) in [4.78, 5) is 14.9. The van der Waals surface area contributed by atoms with Crippen molar-refractivity contribution >= 4 is 5.91 Å². The highest BCUT2D eigenvalue weighted by Crippen LogP contribution is 2.25. The molecule has 1 fully saturated rings. The SMILES string of the molecule is COc1ccc(C(CNC(=O)COc2cc(C(C)C)ccc2C)N2CCOCC2)cc1. The number of ether oxygens (including phenoxy) is 3. The molecule has 2 aromatic carbocycles. The van der Waals surface area contributed by atoms with Gasteiger partial charge >= 0.3 is 0 Å². The van der Waals surface area contributed by atoms with E-state index in [1.54, 1.807) is 7.11 Å². The van der Waals surface area contributed by atoms with Crippen molar-refractivity contribution in [3.63, 3.8) is 0 Å². The van der Waals surface area contributed by atoms with Gasteiger partial charge in [0, 0.05) is 19.6 Å². The summed E-state index contributed by atoms with van der Waals surface area (Å²) in [6.07, 6.45) is 0. The molecule has 1 heterocycles. The molecule has 0 aromatic heterocycles. The Balaban J connectivity index is 1.61. The molecule has 0 spiro atoms. The van der Waals surface area contributed by atoms with E-state index >= 15 is 0 Å². The minimum atomic E-state index is -0.124. The Morgan fingerprint density at radius 3 is 2.42 bits per heavy atom. The Labute approximate surface area is 185 Å². The Hall–Kier alpha value is -2.57. The average molecular weight is 427 g/mol. The smallest absolute Gasteiger partial charge is 0.258 e. The third-order valence-corrected chi connectivity index (χ3v) is 5.72. The van der Waals surface area contributed by atoms with Crippen LogP contribution in [-0.2, 0) is 9.53 Å². The van der Waals surface area contributed by atoms with Gasteiger partial charge < -0.3 is 19.5 Å². The van der Waals surface area contributed by atoms with Crippen molar-refractivity contribution in [1.82, 2.24) is 10.2 Å². The summed E-state index contributed by atoms with van der Waals surface area (Å²) in [7, 11) is 1.66. The van der Waals surface area contributed by atoms with Crippen molar-refractivity contribution in [2.75, 3.05) is 46.6 Å². The van der Waals surface area contributed by atoms with Crippen LogP contribution in [0.3, 0.4) is 0 Å². The first-order valence-electron chi connectivity index (χ1n) is 10.9. The van der Waals surface area contributed by atoms with E-state index in [4.69, 9.17) is 14.2 Å². The topological polar surface area (TPSA) is 60.0 Å². The van der Waals surface area contributed by atoms with Gasteiger partial charge in [-0.3, -0.25) is 9.69 Å². The van der Waals surface area contributed by atoms with Crippen LogP contribution in [0, 0.1) is 6.92 Å². The third-order valence-electron chi connectivity index (χ3n) is 5.72. The van der Waals surface area contributed by atoms with E-state index in [1.165, 1.54) is 5.56 Å². The van der Waals surface area contributed by atoms with E-state index in [9.17, 15) is 4.79 Å². The molecule has 1 atom stereocenters. The molecule has 31 heavy (non-hydrogen) atoms. The van der Waals surface area contributed by atoms with E-state index in [0.717, 1.165) is 35.7 Å². The number of amides is 1. The predicted octanol–water partition coefficient (Wildman–Crippen LogP) is 3.70. The minimum absolute atomic E-state index is 0.000826. The first-order valence-corrected chi connectivity index (χ1v) is 10.9. The lowest BCUT2D eigenvalue weighted by Gasteiger charge is -2.35. The maximum atomic E-state index is 12.6. The number of morpholine rings is 1. The number of methoxy groups -OCH3 is 1. The lowest BCUT2D eigenvalue weighted by atomic mass is 10.0. The van der Waals surface area contributed by atoms with Crippen LogP contribution in [0.1, 0.15) is 42.5 Å². The molecular formula is C25H34N2O4. The highest BCUT2D eigenvalue weighted by atomic mass is 16.5. The molecule has 1 amide bonds. The zero-order valence-electron chi connectivity index (χ0n) is 19.0. The van der Waals surface area contributed by atoms with Gasteiger partial charge in [-0.15, -0.1) is 0 Å². The number of carbonyl (C=O) groups excluding carboxylic acids is 1. The number of benzene rings is 2.